The molecule has 0 amide bonds. The molecule has 0 aliphatic carbocycles. The number of carbonyl (C=O) groups excluding carboxylic acids is 1. The van der Waals surface area contributed by atoms with E-state index in [4.69, 9.17) is 4.74 Å². The topological polar surface area (TPSA) is 35.5 Å². The van der Waals surface area contributed by atoms with Crippen molar-refractivity contribution in [2.45, 2.75) is 0 Å². The minimum Gasteiger partial charge on any atom is -0.403 e. The molecule has 1 rings (SSSR count). The van der Waals surface area contributed by atoms with Crippen molar-refractivity contribution in [1.82, 2.24) is 0 Å². The Kier molecular flexibility index (Phi) is 3.49. The highest BCUT2D eigenvalue weighted by Gasteiger charge is 2.02. The van der Waals surface area contributed by atoms with Crippen molar-refractivity contribution in [3.63, 3.8) is 0 Å². The van der Waals surface area contributed by atoms with Crippen LogP contribution in [-0.2, 0) is 4.74 Å². The van der Waals surface area contributed by atoms with E-state index in [0.717, 1.165) is 11.8 Å². The number of hydrogen-bond acceptors (Lipinski definition) is 3. The summed E-state index contributed by atoms with van der Waals surface area (Å²) < 4.78 is 9.17. The Balaban J connectivity index is 2.63. The van der Waals surface area contributed by atoms with Gasteiger partial charge in [0.2, 0.25) is 0 Å². The summed E-state index contributed by atoms with van der Waals surface area (Å²) in [7, 11) is 0. The first-order chi connectivity index (χ1) is 6.76. The fraction of sp³-hybridized carbons (Fsp3) is 0. The number of carbonyl (C=O) groups is 1. The summed E-state index contributed by atoms with van der Waals surface area (Å²) in [6.07, 6.45) is 1.91. The lowest BCUT2D eigenvalue weighted by Crippen LogP contribution is -2.06. The zero-order chi connectivity index (χ0) is 10.4. The summed E-state index contributed by atoms with van der Waals surface area (Å²) in [5.41, 5.74) is 0.953. The Morgan fingerprint density at radius 2 is 1.86 bits per heavy atom. The van der Waals surface area contributed by atoms with E-state index >= 15 is 0 Å². The van der Waals surface area contributed by atoms with Gasteiger partial charge in [0.15, 0.2) is 0 Å². The molecular formula is C11H10O3. The second kappa shape index (κ2) is 4.87. The first-order valence-corrected chi connectivity index (χ1v) is 3.98. The third-order valence-electron chi connectivity index (χ3n) is 1.50. The molecule has 0 spiro atoms. The molecule has 0 saturated heterocycles. The van der Waals surface area contributed by atoms with Crippen molar-refractivity contribution >= 4 is 12.2 Å². The van der Waals surface area contributed by atoms with Crippen LogP contribution in [0, 0.1) is 0 Å². The highest BCUT2D eigenvalue weighted by molar-refractivity contribution is 5.64. The van der Waals surface area contributed by atoms with Crippen LogP contribution in [0.3, 0.4) is 0 Å². The van der Waals surface area contributed by atoms with E-state index in [1.807, 2.05) is 0 Å². The van der Waals surface area contributed by atoms with Crippen LogP contribution in [0.4, 0.5) is 4.79 Å². The first kappa shape index (κ1) is 10.1. The molecule has 3 heteroatoms. The van der Waals surface area contributed by atoms with Gasteiger partial charge in [0.1, 0.15) is 5.75 Å². The Bertz CT molecular complexity index is 338. The molecule has 0 aliphatic heterocycles. The summed E-state index contributed by atoms with van der Waals surface area (Å²) in [6, 6.07) is 6.87. The van der Waals surface area contributed by atoms with Gasteiger partial charge in [-0.2, -0.15) is 0 Å². The number of ether oxygens (including phenoxy) is 2. The van der Waals surface area contributed by atoms with Crippen molar-refractivity contribution < 1.29 is 14.3 Å². The summed E-state index contributed by atoms with van der Waals surface area (Å²) in [5, 5.41) is 0. The summed E-state index contributed by atoms with van der Waals surface area (Å²) in [5.74, 6) is 0.419. The predicted molar refractivity (Wildman–Crippen MR) is 53.8 cm³/mol. The molecule has 0 aromatic heterocycles. The molecule has 0 saturated carbocycles. The van der Waals surface area contributed by atoms with E-state index in [1.165, 1.54) is 0 Å². The third kappa shape index (κ3) is 2.79. The average Bonchev–Trinajstić information content (AvgIpc) is 2.19. The lowest BCUT2D eigenvalue weighted by molar-refractivity contribution is 0.136. The van der Waals surface area contributed by atoms with Crippen molar-refractivity contribution in [3.05, 3.63) is 49.2 Å². The predicted octanol–water partition coefficient (Wildman–Crippen LogP) is 2.99. The van der Waals surface area contributed by atoms with E-state index in [-0.39, 0.29) is 0 Å². The van der Waals surface area contributed by atoms with Gasteiger partial charge >= 0.3 is 6.16 Å². The molecule has 0 bridgehead atoms. The first-order valence-electron chi connectivity index (χ1n) is 3.98. The molecule has 0 N–H and O–H groups in total. The maximum atomic E-state index is 10.8. The van der Waals surface area contributed by atoms with Gasteiger partial charge in [-0.1, -0.05) is 31.4 Å². The van der Waals surface area contributed by atoms with Crippen LogP contribution in [0.25, 0.3) is 6.08 Å². The monoisotopic (exact) mass is 190 g/mol. The van der Waals surface area contributed by atoms with Crippen LogP contribution < -0.4 is 4.74 Å². The van der Waals surface area contributed by atoms with Gasteiger partial charge in [0.25, 0.3) is 0 Å². The zero-order valence-corrected chi connectivity index (χ0v) is 7.60. The molecular weight excluding hydrogens is 180 g/mol. The normalized spacial score (nSPS) is 8.86. The number of hydrogen-bond donors (Lipinski definition) is 0. The quantitative estimate of drug-likeness (QED) is 0.417. The second-order valence-electron chi connectivity index (χ2n) is 2.41. The van der Waals surface area contributed by atoms with Crippen molar-refractivity contribution in [2.24, 2.45) is 0 Å². The number of rotatable bonds is 3. The Hall–Kier alpha value is -2.03. The van der Waals surface area contributed by atoms with E-state index in [1.54, 1.807) is 30.3 Å². The van der Waals surface area contributed by atoms with Crippen LogP contribution in [0.5, 0.6) is 5.75 Å². The smallest absolute Gasteiger partial charge is 0.403 e. The summed E-state index contributed by atoms with van der Waals surface area (Å²) >= 11 is 0. The molecule has 0 atom stereocenters. The van der Waals surface area contributed by atoms with Crippen LogP contribution in [0.15, 0.2) is 43.7 Å². The van der Waals surface area contributed by atoms with Crippen molar-refractivity contribution in [2.75, 3.05) is 0 Å². The van der Waals surface area contributed by atoms with Gasteiger partial charge in [-0.15, -0.1) is 0 Å². The van der Waals surface area contributed by atoms with Gasteiger partial charge in [-0.05, 0) is 17.7 Å². The second-order valence-corrected chi connectivity index (χ2v) is 2.41. The largest absolute Gasteiger partial charge is 0.518 e. The molecule has 0 fully saturated rings. The lowest BCUT2D eigenvalue weighted by atomic mass is 10.2. The van der Waals surface area contributed by atoms with Crippen LogP contribution in [0.2, 0.25) is 0 Å². The van der Waals surface area contributed by atoms with E-state index in [2.05, 4.69) is 17.9 Å². The Morgan fingerprint density at radius 1 is 1.21 bits per heavy atom. The van der Waals surface area contributed by atoms with E-state index in [9.17, 15) is 4.79 Å². The highest BCUT2D eigenvalue weighted by Crippen LogP contribution is 2.13. The van der Waals surface area contributed by atoms with Gasteiger partial charge in [-0.25, -0.2) is 4.79 Å². The fourth-order valence-corrected chi connectivity index (χ4v) is 0.860. The molecule has 0 radical (unpaired) electrons. The molecule has 3 nitrogen and oxygen atoms in total. The molecule has 1 aromatic carbocycles. The minimum atomic E-state index is -0.800. The Labute approximate surface area is 82.3 Å². The van der Waals surface area contributed by atoms with Crippen LogP contribution >= 0.6 is 0 Å². The standard InChI is InChI=1S/C11H10O3/c1-3-9-5-7-10(8-6-9)14-11(12)13-4-2/h3-8H,1-2H2. The number of benzene rings is 1. The van der Waals surface area contributed by atoms with Gasteiger partial charge < -0.3 is 9.47 Å². The van der Waals surface area contributed by atoms with Crippen LogP contribution in [0.1, 0.15) is 5.56 Å². The Morgan fingerprint density at radius 3 is 2.36 bits per heavy atom. The molecule has 0 unspecified atom stereocenters. The maximum Gasteiger partial charge on any atom is 0.518 e. The zero-order valence-electron chi connectivity index (χ0n) is 7.60. The SMILES string of the molecule is C=COC(=O)Oc1ccc(C=C)cc1. The maximum absolute atomic E-state index is 10.8. The average molecular weight is 190 g/mol. The minimum absolute atomic E-state index is 0.419. The summed E-state index contributed by atoms with van der Waals surface area (Å²) in [4.78, 5) is 10.8. The molecule has 1 aromatic rings. The summed E-state index contributed by atoms with van der Waals surface area (Å²) in [6.45, 7) is 6.84. The van der Waals surface area contributed by atoms with Crippen molar-refractivity contribution in [3.8, 4) is 5.75 Å². The third-order valence-corrected chi connectivity index (χ3v) is 1.50. The highest BCUT2D eigenvalue weighted by atomic mass is 16.7. The fourth-order valence-electron chi connectivity index (χ4n) is 0.860. The van der Waals surface area contributed by atoms with E-state index < -0.39 is 6.16 Å². The van der Waals surface area contributed by atoms with Crippen molar-refractivity contribution in [1.29, 1.82) is 0 Å². The van der Waals surface area contributed by atoms with Crippen LogP contribution in [-0.4, -0.2) is 6.16 Å². The van der Waals surface area contributed by atoms with Gasteiger partial charge in [-0.3, -0.25) is 0 Å². The van der Waals surface area contributed by atoms with E-state index in [0.29, 0.717) is 5.75 Å². The molecule has 0 heterocycles. The molecule has 14 heavy (non-hydrogen) atoms. The molecule has 0 aliphatic rings. The van der Waals surface area contributed by atoms with Gasteiger partial charge in [0.05, 0.1) is 6.26 Å². The molecule has 72 valence electrons. The lowest BCUT2D eigenvalue weighted by Gasteiger charge is -2.01. The van der Waals surface area contributed by atoms with Gasteiger partial charge in [0, 0.05) is 0 Å².